The van der Waals surface area contributed by atoms with Crippen LogP contribution < -0.4 is 20.1 Å². The van der Waals surface area contributed by atoms with Crippen LogP contribution in [-0.2, 0) is 11.2 Å². The summed E-state index contributed by atoms with van der Waals surface area (Å²) in [5.41, 5.74) is 3.76. The van der Waals surface area contributed by atoms with E-state index in [-0.39, 0.29) is 12.5 Å². The zero-order valence-corrected chi connectivity index (χ0v) is 18.5. The predicted molar refractivity (Wildman–Crippen MR) is 131 cm³/mol. The first-order chi connectivity index (χ1) is 15.6. The summed E-state index contributed by atoms with van der Waals surface area (Å²) in [4.78, 5) is 12.4. The number of nitrogens with one attached hydrogen (secondary N) is 2. The molecule has 1 amide bonds. The van der Waals surface area contributed by atoms with Crippen LogP contribution in [0.5, 0.6) is 11.5 Å². The fourth-order valence-electron chi connectivity index (χ4n) is 3.05. The van der Waals surface area contributed by atoms with Crippen molar-refractivity contribution in [1.82, 2.24) is 0 Å². The molecular weight excluding hydrogens is 400 g/mol. The average Bonchev–Trinajstić information content (AvgIpc) is 2.81. The summed E-state index contributed by atoms with van der Waals surface area (Å²) < 4.78 is 11.5. The summed E-state index contributed by atoms with van der Waals surface area (Å²) in [6, 6.07) is 25.3. The van der Waals surface area contributed by atoms with Crippen LogP contribution >= 0.6 is 0 Å². The predicted octanol–water partition coefficient (Wildman–Crippen LogP) is 5.70. The van der Waals surface area contributed by atoms with Crippen LogP contribution in [0, 0.1) is 0 Å². The van der Waals surface area contributed by atoms with Crippen molar-refractivity contribution in [3.05, 3.63) is 96.6 Å². The lowest BCUT2D eigenvalue weighted by atomic mass is 10.1. The van der Waals surface area contributed by atoms with Crippen LogP contribution in [0.3, 0.4) is 0 Å². The number of ether oxygens (including phenoxy) is 2. The third-order valence-corrected chi connectivity index (χ3v) is 4.66. The lowest BCUT2D eigenvalue weighted by Crippen LogP contribution is -2.22. The van der Waals surface area contributed by atoms with Gasteiger partial charge in [-0.05, 0) is 67.3 Å². The molecule has 0 fully saturated rings. The van der Waals surface area contributed by atoms with Gasteiger partial charge in [0, 0.05) is 5.69 Å². The fourth-order valence-corrected chi connectivity index (χ4v) is 3.05. The van der Waals surface area contributed by atoms with E-state index in [0.717, 1.165) is 29.9 Å². The Balaban J connectivity index is 1.44. The SMILES string of the molecule is C=C(C)COc1ccc(NCC(=O)Nc2ccccc2OCCCc2ccccc2)cc1. The summed E-state index contributed by atoms with van der Waals surface area (Å²) in [6.07, 6.45) is 1.86. The first kappa shape index (κ1) is 22.9. The molecule has 0 heterocycles. The van der Waals surface area contributed by atoms with E-state index in [2.05, 4.69) is 29.3 Å². The van der Waals surface area contributed by atoms with Gasteiger partial charge in [-0.25, -0.2) is 0 Å². The Morgan fingerprint density at radius 2 is 1.62 bits per heavy atom. The van der Waals surface area contributed by atoms with Gasteiger partial charge < -0.3 is 20.1 Å². The molecule has 166 valence electrons. The highest BCUT2D eigenvalue weighted by atomic mass is 16.5. The van der Waals surface area contributed by atoms with Crippen molar-refractivity contribution < 1.29 is 14.3 Å². The summed E-state index contributed by atoms with van der Waals surface area (Å²) in [5.74, 6) is 1.29. The minimum atomic E-state index is -0.145. The molecule has 0 spiro atoms. The van der Waals surface area contributed by atoms with Crippen molar-refractivity contribution in [2.75, 3.05) is 30.4 Å². The summed E-state index contributed by atoms with van der Waals surface area (Å²) in [6.45, 7) is 6.96. The van der Waals surface area contributed by atoms with Gasteiger partial charge in [-0.2, -0.15) is 0 Å². The van der Waals surface area contributed by atoms with E-state index < -0.39 is 0 Å². The number of aryl methyl sites for hydroxylation is 1. The van der Waals surface area contributed by atoms with E-state index >= 15 is 0 Å². The maximum Gasteiger partial charge on any atom is 0.243 e. The van der Waals surface area contributed by atoms with Crippen molar-refractivity contribution in [3.63, 3.8) is 0 Å². The third kappa shape index (κ3) is 7.84. The molecular formula is C27H30N2O3. The molecule has 0 aliphatic rings. The van der Waals surface area contributed by atoms with E-state index in [4.69, 9.17) is 9.47 Å². The van der Waals surface area contributed by atoms with Crippen molar-refractivity contribution in [2.24, 2.45) is 0 Å². The van der Waals surface area contributed by atoms with Gasteiger partial charge in [0.05, 0.1) is 18.8 Å². The number of rotatable bonds is 12. The fraction of sp³-hybridized carbons (Fsp3) is 0.222. The van der Waals surface area contributed by atoms with Crippen LogP contribution in [0.2, 0.25) is 0 Å². The highest BCUT2D eigenvalue weighted by molar-refractivity contribution is 5.95. The first-order valence-corrected chi connectivity index (χ1v) is 10.8. The van der Waals surface area contributed by atoms with Crippen LogP contribution in [0.15, 0.2) is 91.0 Å². The van der Waals surface area contributed by atoms with Crippen LogP contribution in [-0.4, -0.2) is 25.7 Å². The van der Waals surface area contributed by atoms with Gasteiger partial charge in [0.25, 0.3) is 0 Å². The number of carbonyl (C=O) groups is 1. The number of benzene rings is 3. The molecule has 0 aromatic heterocycles. The molecule has 3 rings (SSSR count). The normalized spacial score (nSPS) is 10.3. The largest absolute Gasteiger partial charge is 0.491 e. The molecule has 0 saturated heterocycles. The monoisotopic (exact) mass is 430 g/mol. The number of hydrogen-bond acceptors (Lipinski definition) is 4. The van der Waals surface area contributed by atoms with E-state index in [0.29, 0.717) is 24.7 Å². The first-order valence-electron chi connectivity index (χ1n) is 10.8. The summed E-state index contributed by atoms with van der Waals surface area (Å²) in [5, 5.41) is 6.04. The molecule has 0 unspecified atom stereocenters. The lowest BCUT2D eigenvalue weighted by Gasteiger charge is -2.13. The molecule has 32 heavy (non-hydrogen) atoms. The molecule has 0 aliphatic heterocycles. The molecule has 3 aromatic rings. The molecule has 0 atom stereocenters. The highest BCUT2D eigenvalue weighted by Crippen LogP contribution is 2.24. The maximum atomic E-state index is 12.4. The third-order valence-electron chi connectivity index (χ3n) is 4.66. The van der Waals surface area contributed by atoms with Crippen LogP contribution in [0.1, 0.15) is 18.9 Å². The number of anilines is 2. The zero-order valence-electron chi connectivity index (χ0n) is 18.5. The van der Waals surface area contributed by atoms with Crippen molar-refractivity contribution >= 4 is 17.3 Å². The zero-order chi connectivity index (χ0) is 22.6. The van der Waals surface area contributed by atoms with Gasteiger partial charge in [-0.1, -0.05) is 49.0 Å². The molecule has 0 aliphatic carbocycles. The lowest BCUT2D eigenvalue weighted by molar-refractivity contribution is -0.114. The topological polar surface area (TPSA) is 59.6 Å². The van der Waals surface area contributed by atoms with Crippen molar-refractivity contribution in [2.45, 2.75) is 19.8 Å². The minimum absolute atomic E-state index is 0.145. The Morgan fingerprint density at radius 1 is 0.906 bits per heavy atom. The second-order valence-corrected chi connectivity index (χ2v) is 7.61. The average molecular weight is 431 g/mol. The standard InChI is InChI=1S/C27H30N2O3/c1-21(2)20-32-24-16-14-23(15-17-24)28-19-27(30)29-25-12-6-7-13-26(25)31-18-8-11-22-9-4-3-5-10-22/h3-7,9-10,12-17,28H,1,8,11,18-20H2,2H3,(H,29,30). The van der Waals surface area contributed by atoms with Gasteiger partial charge >= 0.3 is 0 Å². The Bertz CT molecular complexity index is 1000. The summed E-state index contributed by atoms with van der Waals surface area (Å²) in [7, 11) is 0. The number of hydrogen-bond donors (Lipinski definition) is 2. The van der Waals surface area contributed by atoms with Gasteiger partial charge in [-0.3, -0.25) is 4.79 Å². The second-order valence-electron chi connectivity index (χ2n) is 7.61. The minimum Gasteiger partial charge on any atom is -0.491 e. The van der Waals surface area contributed by atoms with Gasteiger partial charge in [0.15, 0.2) is 0 Å². The molecule has 0 saturated carbocycles. The van der Waals surface area contributed by atoms with Crippen molar-refractivity contribution in [3.8, 4) is 11.5 Å². The number of para-hydroxylation sites is 2. The van der Waals surface area contributed by atoms with E-state index in [1.807, 2.05) is 73.7 Å². The quantitative estimate of drug-likeness (QED) is 0.286. The van der Waals surface area contributed by atoms with Gasteiger partial charge in [0.2, 0.25) is 5.91 Å². The smallest absolute Gasteiger partial charge is 0.243 e. The van der Waals surface area contributed by atoms with Gasteiger partial charge in [0.1, 0.15) is 18.1 Å². The molecule has 3 aromatic carbocycles. The molecule has 0 bridgehead atoms. The van der Waals surface area contributed by atoms with Gasteiger partial charge in [-0.15, -0.1) is 0 Å². The highest BCUT2D eigenvalue weighted by Gasteiger charge is 2.08. The number of amides is 1. The van der Waals surface area contributed by atoms with Crippen LogP contribution in [0.25, 0.3) is 0 Å². The van der Waals surface area contributed by atoms with E-state index in [1.165, 1.54) is 5.56 Å². The second kappa shape index (κ2) is 12.2. The molecule has 2 N–H and O–H groups in total. The Labute approximate surface area is 190 Å². The van der Waals surface area contributed by atoms with Crippen LogP contribution in [0.4, 0.5) is 11.4 Å². The molecule has 5 heteroatoms. The Kier molecular flexibility index (Phi) is 8.75. The van der Waals surface area contributed by atoms with Crippen molar-refractivity contribution in [1.29, 1.82) is 0 Å². The molecule has 0 radical (unpaired) electrons. The maximum absolute atomic E-state index is 12.4. The summed E-state index contributed by atoms with van der Waals surface area (Å²) >= 11 is 0. The van der Waals surface area contributed by atoms with E-state index in [9.17, 15) is 4.79 Å². The Hall–Kier alpha value is -3.73. The Morgan fingerprint density at radius 3 is 2.38 bits per heavy atom. The molecule has 5 nitrogen and oxygen atoms in total. The van der Waals surface area contributed by atoms with E-state index in [1.54, 1.807) is 0 Å². The number of carbonyl (C=O) groups excluding carboxylic acids is 1.